The van der Waals surface area contributed by atoms with E-state index in [1.807, 2.05) is 6.07 Å². The first kappa shape index (κ1) is 17.9. The predicted octanol–water partition coefficient (Wildman–Crippen LogP) is 3.40. The summed E-state index contributed by atoms with van der Waals surface area (Å²) in [5, 5.41) is -0.223. The van der Waals surface area contributed by atoms with Crippen molar-refractivity contribution < 1.29 is 14.0 Å². The Bertz CT molecular complexity index is 870. The quantitative estimate of drug-likeness (QED) is 0.754. The van der Waals surface area contributed by atoms with E-state index in [0.717, 1.165) is 37.9 Å². The van der Waals surface area contributed by atoms with Crippen molar-refractivity contribution in [3.63, 3.8) is 0 Å². The molecule has 2 saturated heterocycles. The fraction of sp³-hybridized carbons (Fsp3) is 0.300. The number of piperazine rings is 1. The minimum absolute atomic E-state index is 0.223. The van der Waals surface area contributed by atoms with Crippen LogP contribution in [0.25, 0.3) is 6.08 Å². The number of aryl methyl sites for hydroxylation is 1. The van der Waals surface area contributed by atoms with Crippen LogP contribution in [-0.2, 0) is 4.79 Å². The topological polar surface area (TPSA) is 57.0 Å². The maximum absolute atomic E-state index is 12.6. The fourth-order valence-corrected chi connectivity index (χ4v) is 4.18. The molecule has 0 saturated carbocycles. The lowest BCUT2D eigenvalue weighted by molar-refractivity contribution is -0.124. The smallest absolute Gasteiger partial charge is 0.294 e. The SMILES string of the molecule is Cc1ccccc1N1CCN(CN2C(=O)SC(=Cc3ccco3)C2=O)CC1. The number of carbonyl (C=O) groups is 2. The molecule has 0 N–H and O–H groups in total. The minimum Gasteiger partial charge on any atom is -0.465 e. The summed E-state index contributed by atoms with van der Waals surface area (Å²) in [6.07, 6.45) is 3.17. The van der Waals surface area contributed by atoms with Crippen LogP contribution in [0.15, 0.2) is 52.0 Å². The van der Waals surface area contributed by atoms with Crippen LogP contribution < -0.4 is 4.90 Å². The molecule has 7 heteroatoms. The van der Waals surface area contributed by atoms with Crippen LogP contribution in [0.5, 0.6) is 0 Å². The Morgan fingerprint density at radius 3 is 2.56 bits per heavy atom. The van der Waals surface area contributed by atoms with Crippen molar-refractivity contribution in [2.45, 2.75) is 6.92 Å². The molecule has 3 heterocycles. The highest BCUT2D eigenvalue weighted by molar-refractivity contribution is 8.18. The van der Waals surface area contributed by atoms with Gasteiger partial charge in [-0.2, -0.15) is 0 Å². The van der Waals surface area contributed by atoms with Crippen molar-refractivity contribution in [1.29, 1.82) is 0 Å². The molecule has 27 heavy (non-hydrogen) atoms. The van der Waals surface area contributed by atoms with Crippen molar-refractivity contribution in [3.8, 4) is 0 Å². The largest absolute Gasteiger partial charge is 0.465 e. The molecule has 0 aliphatic carbocycles. The van der Waals surface area contributed by atoms with Gasteiger partial charge in [0.2, 0.25) is 0 Å². The lowest BCUT2D eigenvalue weighted by atomic mass is 10.1. The van der Waals surface area contributed by atoms with Crippen LogP contribution in [0, 0.1) is 6.92 Å². The third kappa shape index (κ3) is 3.79. The van der Waals surface area contributed by atoms with Gasteiger partial charge < -0.3 is 9.32 Å². The molecule has 2 aliphatic rings. The number of benzene rings is 1. The molecule has 2 fully saturated rings. The van der Waals surface area contributed by atoms with Crippen LogP contribution in [-0.4, -0.2) is 53.8 Å². The number of amides is 2. The Balaban J connectivity index is 1.37. The molecule has 1 aromatic carbocycles. The Morgan fingerprint density at radius 2 is 1.85 bits per heavy atom. The average Bonchev–Trinajstić information content (AvgIpc) is 3.27. The second kappa shape index (κ2) is 7.62. The lowest BCUT2D eigenvalue weighted by Crippen LogP contribution is -2.51. The van der Waals surface area contributed by atoms with Crippen molar-refractivity contribution in [2.24, 2.45) is 0 Å². The van der Waals surface area contributed by atoms with E-state index in [0.29, 0.717) is 17.3 Å². The van der Waals surface area contributed by atoms with Gasteiger partial charge in [-0.25, -0.2) is 0 Å². The molecule has 2 aromatic rings. The van der Waals surface area contributed by atoms with Gasteiger partial charge in [0, 0.05) is 37.9 Å². The van der Waals surface area contributed by atoms with Gasteiger partial charge in [0.05, 0.1) is 17.8 Å². The average molecular weight is 383 g/mol. The summed E-state index contributed by atoms with van der Waals surface area (Å²) >= 11 is 0.969. The van der Waals surface area contributed by atoms with E-state index in [2.05, 4.69) is 34.9 Å². The third-order valence-corrected chi connectivity index (χ3v) is 5.77. The van der Waals surface area contributed by atoms with E-state index in [1.165, 1.54) is 16.2 Å². The molecule has 6 nitrogen and oxygen atoms in total. The summed E-state index contributed by atoms with van der Waals surface area (Å²) in [6, 6.07) is 11.9. The second-order valence-electron chi connectivity index (χ2n) is 6.66. The van der Waals surface area contributed by atoms with Crippen LogP contribution in [0.1, 0.15) is 11.3 Å². The summed E-state index contributed by atoms with van der Waals surface area (Å²) in [6.45, 7) is 5.84. The number of carbonyl (C=O) groups excluding carboxylic acids is 2. The van der Waals surface area contributed by atoms with Gasteiger partial charge in [-0.15, -0.1) is 0 Å². The molecular weight excluding hydrogens is 362 g/mol. The molecule has 0 unspecified atom stereocenters. The molecule has 140 valence electrons. The van der Waals surface area contributed by atoms with Crippen LogP contribution >= 0.6 is 11.8 Å². The molecule has 0 atom stereocenters. The zero-order valence-corrected chi connectivity index (χ0v) is 15.9. The summed E-state index contributed by atoms with van der Waals surface area (Å²) in [5.41, 5.74) is 2.52. The van der Waals surface area contributed by atoms with Gasteiger partial charge in [-0.3, -0.25) is 19.4 Å². The van der Waals surface area contributed by atoms with Gasteiger partial charge >= 0.3 is 0 Å². The molecule has 0 spiro atoms. The van der Waals surface area contributed by atoms with E-state index in [4.69, 9.17) is 4.42 Å². The van der Waals surface area contributed by atoms with Gasteiger partial charge in [0.25, 0.3) is 11.1 Å². The lowest BCUT2D eigenvalue weighted by Gasteiger charge is -2.37. The second-order valence-corrected chi connectivity index (χ2v) is 7.65. The van der Waals surface area contributed by atoms with E-state index in [-0.39, 0.29) is 11.1 Å². The Kier molecular flexibility index (Phi) is 5.05. The van der Waals surface area contributed by atoms with E-state index < -0.39 is 0 Å². The van der Waals surface area contributed by atoms with Gasteiger partial charge in [0.1, 0.15) is 5.76 Å². The number of para-hydroxylation sites is 1. The summed E-state index contributed by atoms with van der Waals surface area (Å²) < 4.78 is 5.24. The van der Waals surface area contributed by atoms with Crippen LogP contribution in [0.3, 0.4) is 0 Å². The molecular formula is C20H21N3O3S. The number of hydrogen-bond donors (Lipinski definition) is 0. The van der Waals surface area contributed by atoms with Crippen molar-refractivity contribution in [1.82, 2.24) is 9.80 Å². The molecule has 0 radical (unpaired) electrons. The fourth-order valence-electron chi connectivity index (χ4n) is 3.37. The van der Waals surface area contributed by atoms with Crippen molar-refractivity contribution in [3.05, 3.63) is 58.9 Å². The summed E-state index contributed by atoms with van der Waals surface area (Å²) in [7, 11) is 0. The van der Waals surface area contributed by atoms with E-state index in [1.54, 1.807) is 24.5 Å². The van der Waals surface area contributed by atoms with Crippen molar-refractivity contribution >= 4 is 34.7 Å². The minimum atomic E-state index is -0.247. The predicted molar refractivity (Wildman–Crippen MR) is 106 cm³/mol. The Labute approximate surface area is 162 Å². The van der Waals surface area contributed by atoms with Crippen LogP contribution in [0.2, 0.25) is 0 Å². The maximum atomic E-state index is 12.6. The first-order valence-corrected chi connectivity index (χ1v) is 9.75. The van der Waals surface area contributed by atoms with Gasteiger partial charge in [-0.05, 0) is 42.4 Å². The number of thioether (sulfide) groups is 1. The summed E-state index contributed by atoms with van der Waals surface area (Å²) in [5.74, 6) is 0.329. The Hall–Kier alpha value is -2.51. The van der Waals surface area contributed by atoms with Crippen molar-refractivity contribution in [2.75, 3.05) is 37.7 Å². The molecule has 1 aromatic heterocycles. The van der Waals surface area contributed by atoms with E-state index in [9.17, 15) is 9.59 Å². The Morgan fingerprint density at radius 1 is 1.07 bits per heavy atom. The maximum Gasteiger partial charge on any atom is 0.294 e. The zero-order valence-electron chi connectivity index (χ0n) is 15.1. The van der Waals surface area contributed by atoms with Crippen LogP contribution in [0.4, 0.5) is 10.5 Å². The monoisotopic (exact) mass is 383 g/mol. The number of furan rings is 1. The number of hydrogen-bond acceptors (Lipinski definition) is 6. The first-order valence-electron chi connectivity index (χ1n) is 8.93. The number of imide groups is 1. The summed E-state index contributed by atoms with van der Waals surface area (Å²) in [4.78, 5) is 31.1. The highest BCUT2D eigenvalue weighted by atomic mass is 32.2. The number of anilines is 1. The molecule has 4 rings (SSSR count). The van der Waals surface area contributed by atoms with Gasteiger partial charge in [0.15, 0.2) is 0 Å². The molecule has 2 aliphatic heterocycles. The van der Waals surface area contributed by atoms with E-state index >= 15 is 0 Å². The number of nitrogens with zero attached hydrogens (tertiary/aromatic N) is 3. The van der Waals surface area contributed by atoms with Gasteiger partial charge in [-0.1, -0.05) is 18.2 Å². The number of rotatable bonds is 4. The first-order chi connectivity index (χ1) is 13.1. The molecule has 0 bridgehead atoms. The molecule has 2 amide bonds. The standard InChI is InChI=1S/C20H21N3O3S/c1-15-5-2-3-7-17(15)22-10-8-21(9-11-22)14-23-19(24)18(27-20(23)25)13-16-6-4-12-26-16/h2-7,12-13H,8-11,14H2,1H3. The highest BCUT2D eigenvalue weighted by Crippen LogP contribution is 2.32. The normalized spacial score (nSPS) is 20.1. The third-order valence-electron chi connectivity index (χ3n) is 4.86. The highest BCUT2D eigenvalue weighted by Gasteiger charge is 2.36. The zero-order chi connectivity index (χ0) is 18.8.